The van der Waals surface area contributed by atoms with Crippen molar-refractivity contribution in [3.8, 4) is 0 Å². The van der Waals surface area contributed by atoms with Gasteiger partial charge in [0.15, 0.2) is 6.29 Å². The SMILES string of the molecule is C[C@H]1[C@@H](O)[C@@H](C)C(O)O[C@@H]1[C@H](O)CN=[N+]=[N-]. The molecule has 0 aromatic carbocycles. The number of nitrogens with zero attached hydrogens (tertiary/aromatic N) is 3. The number of aliphatic hydroxyl groups is 3. The Balaban J connectivity index is 2.69. The third kappa shape index (κ3) is 2.63. The summed E-state index contributed by atoms with van der Waals surface area (Å²) < 4.78 is 5.20. The largest absolute Gasteiger partial charge is 0.392 e. The molecule has 0 bridgehead atoms. The fourth-order valence-corrected chi connectivity index (χ4v) is 1.92. The average Bonchev–Trinajstić information content (AvgIpc) is 2.28. The topological polar surface area (TPSA) is 119 Å². The van der Waals surface area contributed by atoms with Gasteiger partial charge in [0.25, 0.3) is 0 Å². The smallest absolute Gasteiger partial charge is 0.160 e. The summed E-state index contributed by atoms with van der Waals surface area (Å²) in [5.41, 5.74) is 8.13. The van der Waals surface area contributed by atoms with Crippen molar-refractivity contribution in [3.05, 3.63) is 10.4 Å². The lowest BCUT2D eigenvalue weighted by molar-refractivity contribution is -0.259. The molecule has 0 aromatic heterocycles. The van der Waals surface area contributed by atoms with Crippen molar-refractivity contribution < 1.29 is 20.1 Å². The van der Waals surface area contributed by atoms with E-state index in [-0.39, 0.29) is 12.5 Å². The van der Waals surface area contributed by atoms with Crippen LogP contribution in [-0.2, 0) is 4.74 Å². The quantitative estimate of drug-likeness (QED) is 0.360. The standard InChI is InChI=1S/C9H17N3O4/c1-4-7(14)5(2)9(15)16-8(4)6(13)3-11-12-10/h4-9,13-15H,3H2,1-2H3/t4-,5+,6+,7+,8-,9?/m0/s1. The Morgan fingerprint density at radius 2 is 2.00 bits per heavy atom. The Kier molecular flexibility index (Phi) is 4.52. The minimum Gasteiger partial charge on any atom is -0.392 e. The van der Waals surface area contributed by atoms with Crippen LogP contribution in [0, 0.1) is 11.8 Å². The molecule has 1 rings (SSSR count). The molecule has 0 aromatic rings. The lowest BCUT2D eigenvalue weighted by Crippen LogP contribution is -2.53. The van der Waals surface area contributed by atoms with Crippen molar-refractivity contribution in [2.24, 2.45) is 17.0 Å². The van der Waals surface area contributed by atoms with Crippen molar-refractivity contribution in [3.63, 3.8) is 0 Å². The fraction of sp³-hybridized carbons (Fsp3) is 1.00. The summed E-state index contributed by atoms with van der Waals surface area (Å²) in [6.07, 6.45) is -3.62. The van der Waals surface area contributed by atoms with Gasteiger partial charge in [0.1, 0.15) is 0 Å². The molecule has 1 aliphatic rings. The highest BCUT2D eigenvalue weighted by molar-refractivity contribution is 4.88. The predicted molar refractivity (Wildman–Crippen MR) is 55.2 cm³/mol. The molecular weight excluding hydrogens is 214 g/mol. The lowest BCUT2D eigenvalue weighted by Gasteiger charge is -2.42. The number of ether oxygens (including phenoxy) is 1. The second kappa shape index (κ2) is 5.47. The maximum absolute atomic E-state index is 9.81. The first-order chi connectivity index (χ1) is 7.49. The van der Waals surface area contributed by atoms with E-state index in [9.17, 15) is 15.3 Å². The molecule has 1 unspecified atom stereocenters. The van der Waals surface area contributed by atoms with Crippen LogP contribution in [0.1, 0.15) is 13.8 Å². The van der Waals surface area contributed by atoms with Crippen LogP contribution in [0.2, 0.25) is 0 Å². The van der Waals surface area contributed by atoms with E-state index in [2.05, 4.69) is 10.0 Å². The van der Waals surface area contributed by atoms with Crippen LogP contribution in [0.3, 0.4) is 0 Å². The summed E-state index contributed by atoms with van der Waals surface area (Å²) in [6.45, 7) is 3.25. The molecule has 6 atom stereocenters. The van der Waals surface area contributed by atoms with Gasteiger partial charge in [0, 0.05) is 16.7 Å². The van der Waals surface area contributed by atoms with Gasteiger partial charge in [-0.05, 0) is 5.53 Å². The van der Waals surface area contributed by atoms with Crippen LogP contribution in [0.4, 0.5) is 0 Å². The van der Waals surface area contributed by atoms with Gasteiger partial charge in [-0.3, -0.25) is 0 Å². The van der Waals surface area contributed by atoms with Crippen LogP contribution >= 0.6 is 0 Å². The summed E-state index contributed by atoms with van der Waals surface area (Å²) in [6, 6.07) is 0. The van der Waals surface area contributed by atoms with Crippen molar-refractivity contribution in [1.82, 2.24) is 0 Å². The molecule has 92 valence electrons. The Morgan fingerprint density at radius 1 is 1.38 bits per heavy atom. The molecule has 7 nitrogen and oxygen atoms in total. The predicted octanol–water partition coefficient (Wildman–Crippen LogP) is 0.00790. The monoisotopic (exact) mass is 231 g/mol. The van der Waals surface area contributed by atoms with E-state index < -0.39 is 30.5 Å². The van der Waals surface area contributed by atoms with Crippen LogP contribution in [0.25, 0.3) is 10.4 Å². The molecular formula is C9H17N3O4. The van der Waals surface area contributed by atoms with Gasteiger partial charge >= 0.3 is 0 Å². The van der Waals surface area contributed by atoms with Crippen LogP contribution in [0.5, 0.6) is 0 Å². The molecule has 0 radical (unpaired) electrons. The molecule has 0 amide bonds. The highest BCUT2D eigenvalue weighted by atomic mass is 16.6. The highest BCUT2D eigenvalue weighted by Gasteiger charge is 2.42. The van der Waals surface area contributed by atoms with Crippen molar-refractivity contribution in [1.29, 1.82) is 0 Å². The molecule has 1 saturated heterocycles. The molecule has 1 aliphatic heterocycles. The van der Waals surface area contributed by atoms with Crippen LogP contribution in [-0.4, -0.2) is 46.5 Å². The Morgan fingerprint density at radius 3 is 2.56 bits per heavy atom. The molecule has 0 aliphatic carbocycles. The van der Waals surface area contributed by atoms with Crippen molar-refractivity contribution in [2.45, 2.75) is 38.4 Å². The number of rotatable bonds is 3. The van der Waals surface area contributed by atoms with Crippen molar-refractivity contribution in [2.75, 3.05) is 6.54 Å². The van der Waals surface area contributed by atoms with Gasteiger partial charge in [0.2, 0.25) is 0 Å². The molecule has 3 N–H and O–H groups in total. The summed E-state index contributed by atoms with van der Waals surface area (Å²) in [5.74, 6) is -0.736. The van der Waals surface area contributed by atoms with Gasteiger partial charge in [-0.15, -0.1) is 0 Å². The molecule has 0 spiro atoms. The highest BCUT2D eigenvalue weighted by Crippen LogP contribution is 2.30. The zero-order chi connectivity index (χ0) is 12.3. The Hall–Kier alpha value is -0.850. The lowest BCUT2D eigenvalue weighted by atomic mass is 9.84. The third-order valence-electron chi connectivity index (χ3n) is 3.05. The first kappa shape index (κ1) is 13.2. The minimum absolute atomic E-state index is 0.140. The van der Waals surface area contributed by atoms with E-state index in [4.69, 9.17) is 10.3 Å². The van der Waals surface area contributed by atoms with Gasteiger partial charge < -0.3 is 20.1 Å². The van der Waals surface area contributed by atoms with Crippen LogP contribution < -0.4 is 0 Å². The van der Waals surface area contributed by atoms with E-state index in [1.807, 2.05) is 0 Å². The maximum atomic E-state index is 9.81. The zero-order valence-corrected chi connectivity index (χ0v) is 9.26. The molecule has 16 heavy (non-hydrogen) atoms. The fourth-order valence-electron chi connectivity index (χ4n) is 1.92. The van der Waals surface area contributed by atoms with Gasteiger partial charge in [-0.25, -0.2) is 0 Å². The van der Waals surface area contributed by atoms with Gasteiger partial charge in [-0.2, -0.15) is 0 Å². The molecule has 1 fully saturated rings. The van der Waals surface area contributed by atoms with E-state index >= 15 is 0 Å². The first-order valence-electron chi connectivity index (χ1n) is 5.19. The summed E-state index contributed by atoms with van der Waals surface area (Å²) in [5, 5.41) is 32.2. The summed E-state index contributed by atoms with van der Waals surface area (Å²) >= 11 is 0. The number of hydrogen-bond acceptors (Lipinski definition) is 5. The molecule has 7 heteroatoms. The maximum Gasteiger partial charge on any atom is 0.160 e. The number of azide groups is 1. The second-order valence-electron chi connectivity index (χ2n) is 4.18. The average molecular weight is 231 g/mol. The van der Waals surface area contributed by atoms with E-state index in [1.54, 1.807) is 13.8 Å². The molecule has 1 heterocycles. The van der Waals surface area contributed by atoms with E-state index in [0.29, 0.717) is 0 Å². The minimum atomic E-state index is -1.11. The Labute approximate surface area is 93.3 Å². The first-order valence-corrected chi connectivity index (χ1v) is 5.19. The van der Waals surface area contributed by atoms with E-state index in [0.717, 1.165) is 0 Å². The second-order valence-corrected chi connectivity index (χ2v) is 4.18. The van der Waals surface area contributed by atoms with Gasteiger partial charge in [0.05, 0.1) is 24.9 Å². The van der Waals surface area contributed by atoms with Crippen LogP contribution in [0.15, 0.2) is 5.11 Å². The Bertz CT molecular complexity index is 282. The number of aliphatic hydroxyl groups excluding tert-OH is 3. The van der Waals surface area contributed by atoms with Gasteiger partial charge in [-0.1, -0.05) is 19.0 Å². The third-order valence-corrected chi connectivity index (χ3v) is 3.05. The zero-order valence-electron chi connectivity index (χ0n) is 9.26. The number of hydrogen-bond donors (Lipinski definition) is 3. The van der Waals surface area contributed by atoms with Crippen molar-refractivity contribution >= 4 is 0 Å². The summed E-state index contributed by atoms with van der Waals surface area (Å²) in [7, 11) is 0. The molecule has 0 saturated carbocycles. The summed E-state index contributed by atoms with van der Waals surface area (Å²) in [4.78, 5) is 2.53. The normalized spacial score (nSPS) is 41.2. The van der Waals surface area contributed by atoms with E-state index in [1.165, 1.54) is 0 Å².